The summed E-state index contributed by atoms with van der Waals surface area (Å²) in [6, 6.07) is 7.14. The number of carbonyl (C=O) groups is 1. The number of nitrogens with two attached hydrogens (primary N) is 1. The number of hydrogen-bond acceptors (Lipinski definition) is 3. The minimum absolute atomic E-state index is 0.0230. The number of aromatic hydroxyl groups is 1. The number of phenols is 1. The first-order valence-electron chi connectivity index (χ1n) is 5.32. The van der Waals surface area contributed by atoms with Gasteiger partial charge in [0.25, 0.3) is 0 Å². The van der Waals surface area contributed by atoms with Crippen LogP contribution in [0.2, 0.25) is 0 Å². The van der Waals surface area contributed by atoms with Gasteiger partial charge in [0.15, 0.2) is 0 Å². The van der Waals surface area contributed by atoms with Gasteiger partial charge in [0.1, 0.15) is 5.75 Å². The molecule has 88 valence electrons. The van der Waals surface area contributed by atoms with E-state index in [2.05, 4.69) is 5.32 Å². The topological polar surface area (TPSA) is 75.4 Å². The number of rotatable bonds is 5. The van der Waals surface area contributed by atoms with Crippen molar-refractivity contribution >= 4 is 5.91 Å². The van der Waals surface area contributed by atoms with Crippen molar-refractivity contribution in [2.75, 3.05) is 0 Å². The van der Waals surface area contributed by atoms with Gasteiger partial charge in [-0.15, -0.1) is 0 Å². The lowest BCUT2D eigenvalue weighted by atomic mass is 10.1. The van der Waals surface area contributed by atoms with Crippen LogP contribution in [0.1, 0.15) is 31.9 Å². The van der Waals surface area contributed by atoms with Crippen LogP contribution in [0.25, 0.3) is 0 Å². The number of benzene rings is 1. The maximum atomic E-state index is 10.7. The molecular formula is C12H18N2O2. The largest absolute Gasteiger partial charge is 0.508 e. The minimum atomic E-state index is -0.317. The fourth-order valence-corrected chi connectivity index (χ4v) is 1.68. The fraction of sp³-hybridized carbons (Fsp3) is 0.417. The highest BCUT2D eigenvalue weighted by Crippen LogP contribution is 2.18. The molecule has 1 rings (SSSR count). The van der Waals surface area contributed by atoms with Crippen molar-refractivity contribution in [3.05, 3.63) is 29.8 Å². The molecule has 0 aliphatic rings. The molecule has 0 aliphatic heterocycles. The van der Waals surface area contributed by atoms with Gasteiger partial charge in [0.2, 0.25) is 5.91 Å². The van der Waals surface area contributed by atoms with Crippen LogP contribution in [0.4, 0.5) is 0 Å². The summed E-state index contributed by atoms with van der Waals surface area (Å²) in [6.45, 7) is 3.89. The fourth-order valence-electron chi connectivity index (χ4n) is 1.68. The molecule has 0 heterocycles. The van der Waals surface area contributed by atoms with Crippen molar-refractivity contribution in [3.8, 4) is 5.75 Å². The molecule has 0 saturated carbocycles. The molecule has 4 nitrogen and oxygen atoms in total. The molecule has 0 bridgehead atoms. The van der Waals surface area contributed by atoms with Crippen LogP contribution in [-0.4, -0.2) is 17.1 Å². The van der Waals surface area contributed by atoms with Gasteiger partial charge < -0.3 is 16.2 Å². The average Bonchev–Trinajstić information content (AvgIpc) is 2.16. The van der Waals surface area contributed by atoms with E-state index in [9.17, 15) is 9.90 Å². The molecule has 0 fully saturated rings. The van der Waals surface area contributed by atoms with E-state index in [1.165, 1.54) is 0 Å². The van der Waals surface area contributed by atoms with E-state index in [1.54, 1.807) is 18.2 Å². The Morgan fingerprint density at radius 1 is 1.50 bits per heavy atom. The van der Waals surface area contributed by atoms with E-state index in [0.717, 1.165) is 5.56 Å². The summed E-state index contributed by atoms with van der Waals surface area (Å²) in [6.07, 6.45) is 0.309. The van der Waals surface area contributed by atoms with Crippen LogP contribution >= 0.6 is 0 Å². The second-order valence-corrected chi connectivity index (χ2v) is 4.05. The van der Waals surface area contributed by atoms with Gasteiger partial charge in [-0.1, -0.05) is 12.1 Å². The molecule has 0 radical (unpaired) electrons. The van der Waals surface area contributed by atoms with Crippen LogP contribution in [-0.2, 0) is 4.79 Å². The van der Waals surface area contributed by atoms with Crippen molar-refractivity contribution in [1.82, 2.24) is 5.32 Å². The van der Waals surface area contributed by atoms with Gasteiger partial charge in [0, 0.05) is 18.5 Å². The Morgan fingerprint density at radius 2 is 2.19 bits per heavy atom. The summed E-state index contributed by atoms with van der Waals surface area (Å²) in [5.41, 5.74) is 6.10. The molecule has 1 amide bonds. The van der Waals surface area contributed by atoms with Crippen LogP contribution < -0.4 is 11.1 Å². The van der Waals surface area contributed by atoms with Crippen molar-refractivity contribution < 1.29 is 9.90 Å². The van der Waals surface area contributed by atoms with Gasteiger partial charge in [0.05, 0.1) is 0 Å². The lowest BCUT2D eigenvalue weighted by Gasteiger charge is -2.19. The first-order chi connectivity index (χ1) is 7.49. The quantitative estimate of drug-likeness (QED) is 0.703. The smallest absolute Gasteiger partial charge is 0.218 e. The number of carbonyl (C=O) groups excluding carboxylic acids is 1. The molecule has 2 atom stereocenters. The van der Waals surface area contributed by atoms with Crippen LogP contribution in [0, 0.1) is 0 Å². The maximum Gasteiger partial charge on any atom is 0.218 e. The lowest BCUT2D eigenvalue weighted by molar-refractivity contribution is -0.118. The highest BCUT2D eigenvalue weighted by Gasteiger charge is 2.11. The summed E-state index contributed by atoms with van der Waals surface area (Å²) in [4.78, 5) is 10.7. The Bertz CT molecular complexity index is 366. The summed E-state index contributed by atoms with van der Waals surface area (Å²) < 4.78 is 0. The normalized spacial score (nSPS) is 14.4. The molecule has 0 spiro atoms. The minimum Gasteiger partial charge on any atom is -0.508 e. The molecule has 2 unspecified atom stereocenters. The van der Waals surface area contributed by atoms with Crippen molar-refractivity contribution in [3.63, 3.8) is 0 Å². The summed E-state index contributed by atoms with van der Waals surface area (Å²) in [7, 11) is 0. The molecule has 16 heavy (non-hydrogen) atoms. The van der Waals surface area contributed by atoms with E-state index in [0.29, 0.717) is 6.42 Å². The molecule has 4 heteroatoms. The third-order valence-electron chi connectivity index (χ3n) is 2.41. The zero-order valence-corrected chi connectivity index (χ0v) is 9.60. The third-order valence-corrected chi connectivity index (χ3v) is 2.41. The van der Waals surface area contributed by atoms with Crippen LogP contribution in [0.5, 0.6) is 5.75 Å². The highest BCUT2D eigenvalue weighted by molar-refractivity contribution is 5.74. The third kappa shape index (κ3) is 3.90. The first-order valence-corrected chi connectivity index (χ1v) is 5.32. The molecule has 0 aromatic heterocycles. The van der Waals surface area contributed by atoms with Crippen molar-refractivity contribution in [2.24, 2.45) is 5.73 Å². The highest BCUT2D eigenvalue weighted by atomic mass is 16.3. The summed E-state index contributed by atoms with van der Waals surface area (Å²) in [5.74, 6) is -0.0724. The first kappa shape index (κ1) is 12.5. The van der Waals surface area contributed by atoms with E-state index >= 15 is 0 Å². The SMILES string of the molecule is CC(CC(N)=O)NC(C)c1cccc(O)c1. The number of primary amides is 1. The molecule has 0 saturated heterocycles. The Balaban J connectivity index is 2.58. The summed E-state index contributed by atoms with van der Waals surface area (Å²) in [5, 5.41) is 12.6. The molecule has 1 aromatic rings. The zero-order valence-electron chi connectivity index (χ0n) is 9.60. The molecule has 1 aromatic carbocycles. The zero-order chi connectivity index (χ0) is 12.1. The average molecular weight is 222 g/mol. The van der Waals surface area contributed by atoms with E-state index in [4.69, 9.17) is 5.73 Å². The number of amides is 1. The van der Waals surface area contributed by atoms with Crippen molar-refractivity contribution in [2.45, 2.75) is 32.4 Å². The van der Waals surface area contributed by atoms with E-state index in [1.807, 2.05) is 19.9 Å². The number of nitrogens with one attached hydrogen (secondary N) is 1. The van der Waals surface area contributed by atoms with E-state index in [-0.39, 0.29) is 23.7 Å². The van der Waals surface area contributed by atoms with Gasteiger partial charge in [-0.2, -0.15) is 0 Å². The standard InChI is InChI=1S/C12H18N2O2/c1-8(6-12(13)16)14-9(2)10-4-3-5-11(15)7-10/h3-5,7-9,14-15H,6H2,1-2H3,(H2,13,16). The Morgan fingerprint density at radius 3 is 2.75 bits per heavy atom. The molecular weight excluding hydrogens is 204 g/mol. The monoisotopic (exact) mass is 222 g/mol. The molecule has 4 N–H and O–H groups in total. The van der Waals surface area contributed by atoms with Gasteiger partial charge in [-0.25, -0.2) is 0 Å². The van der Waals surface area contributed by atoms with Crippen molar-refractivity contribution in [1.29, 1.82) is 0 Å². The van der Waals surface area contributed by atoms with E-state index < -0.39 is 0 Å². The predicted molar refractivity (Wildman–Crippen MR) is 62.9 cm³/mol. The maximum absolute atomic E-state index is 10.7. The predicted octanol–water partition coefficient (Wildman–Crippen LogP) is 1.31. The molecule has 0 aliphatic carbocycles. The Kier molecular flexibility index (Phi) is 4.31. The second kappa shape index (κ2) is 5.51. The van der Waals surface area contributed by atoms with Gasteiger partial charge >= 0.3 is 0 Å². The lowest BCUT2D eigenvalue weighted by Crippen LogP contribution is -2.32. The second-order valence-electron chi connectivity index (χ2n) is 4.05. The Labute approximate surface area is 95.5 Å². The number of hydrogen-bond donors (Lipinski definition) is 3. The van der Waals surface area contributed by atoms with Crippen LogP contribution in [0.3, 0.4) is 0 Å². The van der Waals surface area contributed by atoms with Gasteiger partial charge in [-0.3, -0.25) is 4.79 Å². The summed E-state index contributed by atoms with van der Waals surface area (Å²) >= 11 is 0. The Hall–Kier alpha value is -1.55. The van der Waals surface area contributed by atoms with Gasteiger partial charge in [-0.05, 0) is 31.5 Å². The van der Waals surface area contributed by atoms with Crippen LogP contribution in [0.15, 0.2) is 24.3 Å². The number of phenolic OH excluding ortho intramolecular Hbond substituents is 1.